The number of halogens is 3. The van der Waals surface area contributed by atoms with Gasteiger partial charge < -0.3 is 34.9 Å². The number of fused-ring (bicyclic) bond motifs is 1. The molecule has 1 saturated heterocycles. The van der Waals surface area contributed by atoms with Gasteiger partial charge in [-0.25, -0.2) is 4.79 Å². The maximum Gasteiger partial charge on any atom is 0.490 e. The van der Waals surface area contributed by atoms with Gasteiger partial charge in [-0.3, -0.25) is 4.79 Å². The van der Waals surface area contributed by atoms with Crippen molar-refractivity contribution in [1.29, 1.82) is 5.26 Å². The molecule has 1 aliphatic carbocycles. The molecule has 1 aromatic carbocycles. The van der Waals surface area contributed by atoms with Gasteiger partial charge in [0.2, 0.25) is 17.7 Å². The molecular weight excluding hydrogens is 561 g/mol. The van der Waals surface area contributed by atoms with Gasteiger partial charge in [-0.05, 0) is 51.2 Å². The quantitative estimate of drug-likeness (QED) is 0.322. The van der Waals surface area contributed by atoms with Gasteiger partial charge in [0.25, 0.3) is 0 Å². The number of nitrogens with one attached hydrogen (secondary N) is 2. The van der Waals surface area contributed by atoms with E-state index in [1.165, 1.54) is 0 Å². The second-order valence-electron chi connectivity index (χ2n) is 10.2. The van der Waals surface area contributed by atoms with E-state index in [0.717, 1.165) is 12.1 Å². The number of aromatic amines is 1. The van der Waals surface area contributed by atoms with Crippen molar-refractivity contribution in [3.8, 4) is 17.7 Å². The number of alkyl halides is 3. The Balaban J connectivity index is 0.000000517. The average Bonchev–Trinajstić information content (AvgIpc) is 3.56. The van der Waals surface area contributed by atoms with Gasteiger partial charge in [0.05, 0.1) is 29.3 Å². The van der Waals surface area contributed by atoms with E-state index in [2.05, 4.69) is 26.3 Å². The molecule has 0 bridgehead atoms. The van der Waals surface area contributed by atoms with Crippen LogP contribution in [0.4, 0.5) is 30.5 Å². The van der Waals surface area contributed by atoms with E-state index in [0.29, 0.717) is 72.6 Å². The topological polar surface area (TPSA) is 174 Å². The van der Waals surface area contributed by atoms with Gasteiger partial charge in [-0.15, -0.1) is 0 Å². The highest BCUT2D eigenvalue weighted by Gasteiger charge is 2.38. The van der Waals surface area contributed by atoms with Crippen molar-refractivity contribution in [3.05, 3.63) is 30.0 Å². The zero-order valence-electron chi connectivity index (χ0n) is 22.8. The van der Waals surface area contributed by atoms with E-state index < -0.39 is 17.7 Å². The number of carboxylic acid groups (broad SMARTS) is 1. The number of carbonyl (C=O) groups excluding carboxylic acids is 1. The Hall–Kier alpha value is -4.58. The number of hydrogen-bond acceptors (Lipinski definition) is 9. The Morgan fingerprint density at radius 1 is 1.29 bits per heavy atom. The van der Waals surface area contributed by atoms with Crippen molar-refractivity contribution in [1.82, 2.24) is 15.0 Å². The number of aliphatic carboxylic acids is 1. The number of methoxy groups -OCH3 is 1. The molecule has 2 aromatic heterocycles. The zero-order chi connectivity index (χ0) is 30.7. The van der Waals surface area contributed by atoms with Crippen LogP contribution in [0.15, 0.2) is 24.4 Å². The summed E-state index contributed by atoms with van der Waals surface area (Å²) < 4.78 is 43.6. The lowest BCUT2D eigenvalue weighted by atomic mass is 9.85. The first-order valence-electron chi connectivity index (χ1n) is 13.0. The SMILES string of the molecule is COc1cc(N2CCCC2=O)ccc1Nc1nc(OC2CCC(C)(O)CC2)c2c(C#N)c[nH]c2n1.O=C(O)C(F)(F)F. The zero-order valence-corrected chi connectivity index (χ0v) is 22.8. The number of aromatic nitrogens is 3. The molecule has 2 aliphatic rings. The smallest absolute Gasteiger partial charge is 0.490 e. The highest BCUT2D eigenvalue weighted by Crippen LogP contribution is 2.36. The first-order chi connectivity index (χ1) is 19.8. The van der Waals surface area contributed by atoms with Crippen LogP contribution in [0, 0.1) is 11.3 Å². The van der Waals surface area contributed by atoms with Crippen LogP contribution in [-0.4, -0.2) is 68.6 Å². The van der Waals surface area contributed by atoms with Crippen molar-refractivity contribution in [2.24, 2.45) is 0 Å². The van der Waals surface area contributed by atoms with Crippen molar-refractivity contribution in [3.63, 3.8) is 0 Å². The summed E-state index contributed by atoms with van der Waals surface area (Å²) >= 11 is 0. The summed E-state index contributed by atoms with van der Waals surface area (Å²) in [6, 6.07) is 7.67. The average molecular weight is 591 g/mol. The number of nitrogens with zero attached hydrogens (tertiary/aromatic N) is 4. The monoisotopic (exact) mass is 590 g/mol. The number of anilines is 3. The highest BCUT2D eigenvalue weighted by molar-refractivity contribution is 5.96. The van der Waals surface area contributed by atoms with Crippen molar-refractivity contribution < 1.29 is 42.4 Å². The second-order valence-corrected chi connectivity index (χ2v) is 10.2. The fourth-order valence-electron chi connectivity index (χ4n) is 4.71. The molecule has 3 aromatic rings. The molecule has 1 saturated carbocycles. The summed E-state index contributed by atoms with van der Waals surface area (Å²) in [4.78, 5) is 34.9. The summed E-state index contributed by atoms with van der Waals surface area (Å²) in [5, 5.41) is 30.7. The van der Waals surface area contributed by atoms with Crippen LogP contribution in [0.2, 0.25) is 0 Å². The molecular formula is C27H29F3N6O6. The number of carboxylic acids is 1. The first-order valence-corrected chi connectivity index (χ1v) is 13.0. The van der Waals surface area contributed by atoms with Crippen LogP contribution in [0.5, 0.6) is 11.6 Å². The van der Waals surface area contributed by atoms with Gasteiger partial charge in [0.1, 0.15) is 23.6 Å². The minimum absolute atomic E-state index is 0.104. The second kappa shape index (κ2) is 12.1. The predicted molar refractivity (Wildman–Crippen MR) is 144 cm³/mol. The Bertz CT molecular complexity index is 1510. The van der Waals surface area contributed by atoms with Crippen molar-refractivity contribution in [2.75, 3.05) is 23.9 Å². The van der Waals surface area contributed by atoms with Gasteiger partial charge in [-0.2, -0.15) is 28.4 Å². The lowest BCUT2D eigenvalue weighted by molar-refractivity contribution is -0.192. The molecule has 0 spiro atoms. The third-order valence-corrected chi connectivity index (χ3v) is 6.97. The Kier molecular flexibility index (Phi) is 8.76. The summed E-state index contributed by atoms with van der Waals surface area (Å²) in [7, 11) is 1.57. The van der Waals surface area contributed by atoms with Crippen molar-refractivity contribution >= 4 is 40.2 Å². The van der Waals surface area contributed by atoms with E-state index in [9.17, 15) is 28.3 Å². The molecule has 0 atom stereocenters. The number of amides is 1. The van der Waals surface area contributed by atoms with Crippen LogP contribution >= 0.6 is 0 Å². The summed E-state index contributed by atoms with van der Waals surface area (Å²) in [5.74, 6) is -1.50. The van der Waals surface area contributed by atoms with Crippen LogP contribution in [-0.2, 0) is 9.59 Å². The Morgan fingerprint density at radius 2 is 1.98 bits per heavy atom. The minimum atomic E-state index is -5.08. The normalized spacial score (nSPS) is 20.5. The van der Waals surface area contributed by atoms with E-state index in [-0.39, 0.29) is 18.0 Å². The predicted octanol–water partition coefficient (Wildman–Crippen LogP) is 4.41. The van der Waals surface area contributed by atoms with E-state index in [1.807, 2.05) is 25.1 Å². The number of aliphatic hydroxyl groups is 1. The van der Waals surface area contributed by atoms with Gasteiger partial charge in [0.15, 0.2) is 0 Å². The lowest BCUT2D eigenvalue weighted by Gasteiger charge is -2.33. The fraction of sp³-hybridized carbons (Fsp3) is 0.444. The van der Waals surface area contributed by atoms with Crippen LogP contribution in [0.3, 0.4) is 0 Å². The summed E-state index contributed by atoms with van der Waals surface area (Å²) in [6.45, 7) is 2.53. The molecule has 42 heavy (non-hydrogen) atoms. The first kappa shape index (κ1) is 30.4. The van der Waals surface area contributed by atoms with E-state index in [4.69, 9.17) is 19.4 Å². The van der Waals surface area contributed by atoms with E-state index >= 15 is 0 Å². The molecule has 3 heterocycles. The van der Waals surface area contributed by atoms with Gasteiger partial charge in [0, 0.05) is 30.9 Å². The molecule has 0 radical (unpaired) electrons. The Labute approximate surface area is 238 Å². The molecule has 15 heteroatoms. The largest absolute Gasteiger partial charge is 0.494 e. The molecule has 12 nitrogen and oxygen atoms in total. The standard InChI is InChI=1S/C25H28N6O4.C2HF3O2/c1-25(33)9-7-17(8-10-25)35-23-21-15(13-26)14-27-22(21)29-24(30-23)28-18-6-5-16(12-19(18)34-2)31-11-3-4-20(31)32;3-2(4,5)1(6)7/h5-6,12,14,17,33H,3-4,7-11H2,1-2H3,(H2,27,28,29,30);(H,6,7). The minimum Gasteiger partial charge on any atom is -0.494 e. The third kappa shape index (κ3) is 7.00. The van der Waals surface area contributed by atoms with Crippen molar-refractivity contribution in [2.45, 2.75) is 63.3 Å². The molecule has 1 aliphatic heterocycles. The van der Waals surface area contributed by atoms with Gasteiger partial charge >= 0.3 is 12.1 Å². The third-order valence-electron chi connectivity index (χ3n) is 6.97. The maximum atomic E-state index is 12.1. The number of H-pyrrole nitrogens is 1. The summed E-state index contributed by atoms with van der Waals surface area (Å²) in [5.41, 5.74) is 1.62. The number of ether oxygens (including phenoxy) is 2. The molecule has 224 valence electrons. The fourth-order valence-corrected chi connectivity index (χ4v) is 4.71. The van der Waals surface area contributed by atoms with Crippen LogP contribution in [0.25, 0.3) is 11.0 Å². The molecule has 2 fully saturated rings. The molecule has 1 amide bonds. The molecule has 0 unspecified atom stereocenters. The highest BCUT2D eigenvalue weighted by atomic mass is 19.4. The number of rotatable bonds is 6. The van der Waals surface area contributed by atoms with Crippen LogP contribution in [0.1, 0.15) is 51.0 Å². The number of carbonyl (C=O) groups is 2. The lowest BCUT2D eigenvalue weighted by Crippen LogP contribution is -2.35. The van der Waals surface area contributed by atoms with Gasteiger partial charge in [-0.1, -0.05) is 0 Å². The molecule has 5 rings (SSSR count). The summed E-state index contributed by atoms with van der Waals surface area (Å²) in [6.07, 6.45) is 0.446. The maximum absolute atomic E-state index is 12.1. The Morgan fingerprint density at radius 3 is 2.55 bits per heavy atom. The van der Waals surface area contributed by atoms with E-state index in [1.54, 1.807) is 18.2 Å². The number of benzene rings is 1. The van der Waals surface area contributed by atoms with Crippen LogP contribution < -0.4 is 19.7 Å². The number of nitriles is 1. The molecule has 4 N–H and O–H groups in total. The number of hydrogen-bond donors (Lipinski definition) is 4.